The van der Waals surface area contributed by atoms with Crippen molar-refractivity contribution < 1.29 is 14.3 Å². The van der Waals surface area contributed by atoms with Gasteiger partial charge in [0.2, 0.25) is 0 Å². The Balaban J connectivity index is 2.06. The zero-order valence-electron chi connectivity index (χ0n) is 13.6. The number of nitrogens with zero attached hydrogens (tertiary/aromatic N) is 2. The molecule has 0 fully saturated rings. The molecule has 1 amide bonds. The summed E-state index contributed by atoms with van der Waals surface area (Å²) in [6, 6.07) is 7.72. The number of aliphatic hydroxyl groups is 1. The Morgan fingerprint density at radius 1 is 1.39 bits per heavy atom. The van der Waals surface area contributed by atoms with Crippen LogP contribution in [0.1, 0.15) is 54.5 Å². The summed E-state index contributed by atoms with van der Waals surface area (Å²) in [6.45, 7) is 6.43. The summed E-state index contributed by atoms with van der Waals surface area (Å²) in [6.07, 6.45) is -1.09. The van der Waals surface area contributed by atoms with Crippen LogP contribution in [-0.2, 0) is 6.54 Å². The number of benzene rings is 1. The van der Waals surface area contributed by atoms with Crippen LogP contribution in [0.5, 0.6) is 0 Å². The lowest BCUT2D eigenvalue weighted by atomic mass is 10.1. The van der Waals surface area contributed by atoms with E-state index in [0.29, 0.717) is 12.2 Å². The molecule has 0 spiro atoms. The van der Waals surface area contributed by atoms with E-state index in [1.165, 1.54) is 12.1 Å². The fourth-order valence-corrected chi connectivity index (χ4v) is 2.28. The van der Waals surface area contributed by atoms with Crippen molar-refractivity contribution in [1.82, 2.24) is 15.1 Å². The number of nitrogens with one attached hydrogen (secondary N) is 1. The van der Waals surface area contributed by atoms with Crippen molar-refractivity contribution in [1.29, 1.82) is 0 Å². The molecule has 0 saturated carbocycles. The number of aryl methyl sites for hydroxylation is 1. The molecule has 2 aromatic rings. The van der Waals surface area contributed by atoms with Gasteiger partial charge in [0.25, 0.3) is 5.91 Å². The van der Waals surface area contributed by atoms with Crippen LogP contribution in [0.4, 0.5) is 4.39 Å². The first-order valence-corrected chi connectivity index (χ1v) is 7.72. The van der Waals surface area contributed by atoms with E-state index >= 15 is 0 Å². The Bertz CT molecular complexity index is 682. The van der Waals surface area contributed by atoms with Gasteiger partial charge in [-0.1, -0.05) is 32.0 Å². The van der Waals surface area contributed by atoms with Gasteiger partial charge in [-0.15, -0.1) is 0 Å². The lowest BCUT2D eigenvalue weighted by Crippen LogP contribution is -2.30. The second-order valence-electron chi connectivity index (χ2n) is 5.67. The summed E-state index contributed by atoms with van der Waals surface area (Å²) < 4.78 is 15.2. The maximum atomic E-state index is 13.6. The van der Waals surface area contributed by atoms with Crippen molar-refractivity contribution in [2.75, 3.05) is 6.54 Å². The maximum absolute atomic E-state index is 13.6. The van der Waals surface area contributed by atoms with Crippen LogP contribution >= 0.6 is 0 Å². The van der Waals surface area contributed by atoms with Crippen molar-refractivity contribution in [3.8, 4) is 0 Å². The standard InChI is InChI=1S/C17H22FN3O2/c1-4-21-15(9-14(20-21)11(2)3)17(23)19-10-16(22)12-7-5-6-8-13(12)18/h5-9,11,16,22H,4,10H2,1-3H3,(H,19,23). The number of rotatable bonds is 6. The van der Waals surface area contributed by atoms with Crippen molar-refractivity contribution in [3.63, 3.8) is 0 Å². The summed E-state index contributed by atoms with van der Waals surface area (Å²) in [5, 5.41) is 17.1. The van der Waals surface area contributed by atoms with Crippen molar-refractivity contribution >= 4 is 5.91 Å². The van der Waals surface area contributed by atoms with E-state index in [2.05, 4.69) is 10.4 Å². The first-order chi connectivity index (χ1) is 10.9. The highest BCUT2D eigenvalue weighted by molar-refractivity contribution is 5.92. The third kappa shape index (κ3) is 3.96. The van der Waals surface area contributed by atoms with E-state index in [0.717, 1.165) is 5.69 Å². The molecule has 0 aliphatic rings. The molecule has 2 N–H and O–H groups in total. The van der Waals surface area contributed by atoms with E-state index in [4.69, 9.17) is 0 Å². The quantitative estimate of drug-likeness (QED) is 0.860. The van der Waals surface area contributed by atoms with Crippen LogP contribution in [0.25, 0.3) is 0 Å². The molecule has 0 aliphatic heterocycles. The van der Waals surface area contributed by atoms with Gasteiger partial charge in [0, 0.05) is 18.7 Å². The molecule has 0 bridgehead atoms. The molecule has 6 heteroatoms. The van der Waals surface area contributed by atoms with Crippen LogP contribution < -0.4 is 5.32 Å². The molecule has 0 saturated heterocycles. The summed E-state index contributed by atoms with van der Waals surface area (Å²) in [4.78, 5) is 12.3. The predicted molar refractivity (Wildman–Crippen MR) is 85.7 cm³/mol. The molecule has 5 nitrogen and oxygen atoms in total. The van der Waals surface area contributed by atoms with Crippen molar-refractivity contribution in [2.45, 2.75) is 39.3 Å². The Kier molecular flexibility index (Phi) is 5.50. The van der Waals surface area contributed by atoms with Gasteiger partial charge in [-0.3, -0.25) is 9.48 Å². The lowest BCUT2D eigenvalue weighted by molar-refractivity contribution is 0.0903. The topological polar surface area (TPSA) is 67.2 Å². The second-order valence-corrected chi connectivity index (χ2v) is 5.67. The minimum Gasteiger partial charge on any atom is -0.386 e. The number of carbonyl (C=O) groups is 1. The Morgan fingerprint density at radius 3 is 2.70 bits per heavy atom. The number of amides is 1. The Morgan fingerprint density at radius 2 is 2.09 bits per heavy atom. The lowest BCUT2D eigenvalue weighted by Gasteiger charge is -2.13. The molecule has 124 valence electrons. The zero-order valence-corrected chi connectivity index (χ0v) is 13.6. The van der Waals surface area contributed by atoms with Gasteiger partial charge < -0.3 is 10.4 Å². The van der Waals surface area contributed by atoms with Crippen LogP contribution in [0.2, 0.25) is 0 Å². The molecule has 0 aliphatic carbocycles. The summed E-state index contributed by atoms with van der Waals surface area (Å²) in [5.74, 6) is -0.602. The first-order valence-electron chi connectivity index (χ1n) is 7.72. The highest BCUT2D eigenvalue weighted by Crippen LogP contribution is 2.17. The van der Waals surface area contributed by atoms with Gasteiger partial charge >= 0.3 is 0 Å². The van der Waals surface area contributed by atoms with Gasteiger partial charge in [-0.2, -0.15) is 5.10 Å². The van der Waals surface area contributed by atoms with Crippen LogP contribution in [0.15, 0.2) is 30.3 Å². The minimum atomic E-state index is -1.09. The smallest absolute Gasteiger partial charge is 0.269 e. The van der Waals surface area contributed by atoms with Gasteiger partial charge in [0.1, 0.15) is 11.5 Å². The first kappa shape index (κ1) is 17.1. The largest absolute Gasteiger partial charge is 0.386 e. The highest BCUT2D eigenvalue weighted by Gasteiger charge is 2.18. The molecule has 0 radical (unpaired) electrons. The second kappa shape index (κ2) is 7.37. The predicted octanol–water partition coefficient (Wildman–Crippen LogP) is 2.63. The third-order valence-corrected chi connectivity index (χ3v) is 3.64. The third-order valence-electron chi connectivity index (χ3n) is 3.64. The molecule has 1 unspecified atom stereocenters. The SMILES string of the molecule is CCn1nc(C(C)C)cc1C(=O)NCC(O)c1ccccc1F. The van der Waals surface area contributed by atoms with Gasteiger partial charge in [-0.05, 0) is 25.0 Å². The molecular weight excluding hydrogens is 297 g/mol. The molecule has 2 rings (SSSR count). The van der Waals surface area contributed by atoms with Crippen LogP contribution in [-0.4, -0.2) is 27.3 Å². The van der Waals surface area contributed by atoms with E-state index in [-0.39, 0.29) is 23.9 Å². The molecular formula is C17H22FN3O2. The molecule has 1 heterocycles. The summed E-state index contributed by atoms with van der Waals surface area (Å²) in [5.41, 5.74) is 1.45. The monoisotopic (exact) mass is 319 g/mol. The molecule has 1 atom stereocenters. The summed E-state index contributed by atoms with van der Waals surface area (Å²) >= 11 is 0. The van der Waals surface area contributed by atoms with Crippen molar-refractivity contribution in [3.05, 3.63) is 53.1 Å². The molecule has 23 heavy (non-hydrogen) atoms. The van der Waals surface area contributed by atoms with Crippen LogP contribution in [0.3, 0.4) is 0 Å². The maximum Gasteiger partial charge on any atom is 0.269 e. The van der Waals surface area contributed by atoms with E-state index < -0.39 is 11.9 Å². The fourth-order valence-electron chi connectivity index (χ4n) is 2.28. The van der Waals surface area contributed by atoms with Gasteiger partial charge in [-0.25, -0.2) is 4.39 Å². The highest BCUT2D eigenvalue weighted by atomic mass is 19.1. The number of hydrogen-bond acceptors (Lipinski definition) is 3. The number of hydrogen-bond donors (Lipinski definition) is 2. The number of aromatic nitrogens is 2. The van der Waals surface area contributed by atoms with E-state index in [1.807, 2.05) is 20.8 Å². The average Bonchev–Trinajstić information content (AvgIpc) is 2.97. The van der Waals surface area contributed by atoms with E-state index in [9.17, 15) is 14.3 Å². The molecule has 1 aromatic heterocycles. The van der Waals surface area contributed by atoms with Crippen molar-refractivity contribution in [2.24, 2.45) is 0 Å². The van der Waals surface area contributed by atoms with E-state index in [1.54, 1.807) is 22.9 Å². The number of aliphatic hydroxyl groups excluding tert-OH is 1. The zero-order chi connectivity index (χ0) is 17.0. The molecule has 1 aromatic carbocycles. The minimum absolute atomic E-state index is 0.0638. The fraction of sp³-hybridized carbons (Fsp3) is 0.412. The Labute approximate surface area is 135 Å². The normalized spacial score (nSPS) is 12.4. The Hall–Kier alpha value is -2.21. The average molecular weight is 319 g/mol. The number of carbonyl (C=O) groups excluding carboxylic acids is 1. The van der Waals surface area contributed by atoms with Crippen LogP contribution in [0, 0.1) is 5.82 Å². The summed E-state index contributed by atoms with van der Waals surface area (Å²) in [7, 11) is 0. The number of halogens is 1. The van der Waals surface area contributed by atoms with Gasteiger partial charge in [0.15, 0.2) is 0 Å². The van der Waals surface area contributed by atoms with Gasteiger partial charge in [0.05, 0.1) is 11.8 Å².